The van der Waals surface area contributed by atoms with Gasteiger partial charge >= 0.3 is 5.95 Å². The molecule has 0 aliphatic rings. The zero-order valence-electron chi connectivity index (χ0n) is 11.5. The van der Waals surface area contributed by atoms with Gasteiger partial charge in [-0.25, -0.2) is 0 Å². The summed E-state index contributed by atoms with van der Waals surface area (Å²) in [6.07, 6.45) is 3.83. The first-order valence-corrected chi connectivity index (χ1v) is 6.95. The van der Waals surface area contributed by atoms with E-state index in [-0.39, 0.29) is 0 Å². The average Bonchev–Trinajstić information content (AvgIpc) is 2.95. The zero-order chi connectivity index (χ0) is 13.8. The molecule has 0 saturated heterocycles. The smallest absolute Gasteiger partial charge is 0.319 e. The van der Waals surface area contributed by atoms with Crippen molar-refractivity contribution in [1.82, 2.24) is 5.16 Å². The predicted molar refractivity (Wildman–Crippen MR) is 79.8 cm³/mol. The average molecular weight is 267 g/mol. The van der Waals surface area contributed by atoms with E-state index in [1.165, 1.54) is 10.8 Å². The van der Waals surface area contributed by atoms with E-state index in [0.717, 1.165) is 24.0 Å². The number of benzene rings is 2. The Morgan fingerprint density at radius 1 is 1.05 bits per heavy atom. The molecule has 0 atom stereocenters. The molecule has 0 saturated carbocycles. The Morgan fingerprint density at radius 2 is 1.90 bits per heavy atom. The minimum atomic E-state index is 0.509. The summed E-state index contributed by atoms with van der Waals surface area (Å²) >= 11 is 0. The molecule has 0 unspecified atom stereocenters. The van der Waals surface area contributed by atoms with Crippen molar-refractivity contribution in [3.63, 3.8) is 0 Å². The summed E-state index contributed by atoms with van der Waals surface area (Å²) in [6.45, 7) is 2.79. The molecule has 1 heterocycles. The van der Waals surface area contributed by atoms with Crippen molar-refractivity contribution < 1.29 is 9.26 Å². The fourth-order valence-electron chi connectivity index (χ4n) is 2.28. The van der Waals surface area contributed by atoms with Crippen molar-refractivity contribution in [2.45, 2.75) is 19.8 Å². The molecule has 0 fully saturated rings. The lowest BCUT2D eigenvalue weighted by atomic mass is 10.0. The molecule has 3 heteroatoms. The van der Waals surface area contributed by atoms with Crippen LogP contribution in [0.4, 0.5) is 0 Å². The number of unbranched alkanes of at least 4 members (excludes halogenated alkanes) is 1. The molecule has 20 heavy (non-hydrogen) atoms. The molecule has 3 aromatic rings. The van der Waals surface area contributed by atoms with Crippen molar-refractivity contribution in [1.29, 1.82) is 0 Å². The minimum absolute atomic E-state index is 0.509. The van der Waals surface area contributed by atoms with Crippen molar-refractivity contribution in [2.24, 2.45) is 0 Å². The van der Waals surface area contributed by atoms with E-state index in [9.17, 15) is 0 Å². The highest BCUT2D eigenvalue weighted by molar-refractivity contribution is 5.97. The Hall–Kier alpha value is -2.29. The van der Waals surface area contributed by atoms with Crippen LogP contribution in [-0.2, 0) is 0 Å². The zero-order valence-corrected chi connectivity index (χ0v) is 11.5. The number of rotatable bonds is 5. The van der Waals surface area contributed by atoms with Gasteiger partial charge in [0.25, 0.3) is 0 Å². The molecule has 0 N–H and O–H groups in total. The third-order valence-electron chi connectivity index (χ3n) is 3.35. The molecule has 3 rings (SSSR count). The normalized spacial score (nSPS) is 10.8. The fraction of sp³-hybridized carbons (Fsp3) is 0.235. The Balaban J connectivity index is 2.01. The molecule has 2 aromatic carbocycles. The van der Waals surface area contributed by atoms with E-state index >= 15 is 0 Å². The lowest BCUT2D eigenvalue weighted by molar-refractivity contribution is 0.212. The van der Waals surface area contributed by atoms with Gasteiger partial charge in [-0.15, -0.1) is 0 Å². The molecule has 0 bridgehead atoms. The molecular weight excluding hydrogens is 250 g/mol. The highest BCUT2D eigenvalue weighted by Crippen LogP contribution is 2.34. The summed E-state index contributed by atoms with van der Waals surface area (Å²) in [4.78, 5) is 0. The van der Waals surface area contributed by atoms with Gasteiger partial charge in [0.05, 0.1) is 18.4 Å². The second-order valence-electron chi connectivity index (χ2n) is 4.76. The number of hydrogen-bond acceptors (Lipinski definition) is 3. The number of aromatic nitrogens is 1. The molecule has 0 amide bonds. The Morgan fingerprint density at radius 3 is 2.80 bits per heavy atom. The third-order valence-corrected chi connectivity index (χ3v) is 3.35. The molecular formula is C17H17NO2. The molecule has 102 valence electrons. The third kappa shape index (κ3) is 2.39. The number of nitrogens with zero attached hydrogens (tertiary/aromatic N) is 1. The van der Waals surface area contributed by atoms with Crippen molar-refractivity contribution in [3.8, 4) is 17.1 Å². The van der Waals surface area contributed by atoms with Gasteiger partial charge in [0.1, 0.15) is 0 Å². The van der Waals surface area contributed by atoms with E-state index in [1.54, 1.807) is 6.20 Å². The first kappa shape index (κ1) is 12.7. The summed E-state index contributed by atoms with van der Waals surface area (Å²) in [5.41, 5.74) is 2.01. The van der Waals surface area contributed by atoms with Crippen LogP contribution < -0.4 is 4.74 Å². The van der Waals surface area contributed by atoms with Crippen LogP contribution in [0, 0.1) is 0 Å². The second kappa shape index (κ2) is 5.78. The Labute approximate surface area is 118 Å². The van der Waals surface area contributed by atoms with Gasteiger partial charge in [-0.2, -0.15) is 0 Å². The number of hydrogen-bond donors (Lipinski definition) is 0. The van der Waals surface area contributed by atoms with Gasteiger partial charge in [-0.05, 0) is 22.8 Å². The second-order valence-corrected chi connectivity index (χ2v) is 4.76. The SMILES string of the molecule is CCCCOc1oncc1-c1cccc2ccccc12. The number of ether oxygens (including phenoxy) is 1. The minimum Gasteiger partial charge on any atom is -0.463 e. The van der Waals surface area contributed by atoms with Crippen molar-refractivity contribution in [2.75, 3.05) is 6.61 Å². The highest BCUT2D eigenvalue weighted by Gasteiger charge is 2.14. The first-order chi connectivity index (χ1) is 9.90. The van der Waals surface area contributed by atoms with E-state index in [1.807, 2.05) is 18.2 Å². The maximum Gasteiger partial charge on any atom is 0.319 e. The van der Waals surface area contributed by atoms with Crippen molar-refractivity contribution >= 4 is 10.8 Å². The van der Waals surface area contributed by atoms with E-state index in [2.05, 4.69) is 36.3 Å². The van der Waals surface area contributed by atoms with Gasteiger partial charge in [0.15, 0.2) is 0 Å². The van der Waals surface area contributed by atoms with Gasteiger partial charge in [0.2, 0.25) is 0 Å². The fourth-order valence-corrected chi connectivity index (χ4v) is 2.28. The summed E-state index contributed by atoms with van der Waals surface area (Å²) < 4.78 is 10.9. The Bertz CT molecular complexity index is 698. The predicted octanol–water partition coefficient (Wildman–Crippen LogP) is 4.67. The van der Waals surface area contributed by atoms with Gasteiger partial charge in [-0.1, -0.05) is 61.0 Å². The Kier molecular flexibility index (Phi) is 3.68. The lowest BCUT2D eigenvalue weighted by Gasteiger charge is -2.06. The summed E-state index contributed by atoms with van der Waals surface area (Å²) in [7, 11) is 0. The molecule has 0 spiro atoms. The van der Waals surface area contributed by atoms with Crippen LogP contribution in [0.15, 0.2) is 53.2 Å². The maximum absolute atomic E-state index is 5.69. The summed E-state index contributed by atoms with van der Waals surface area (Å²) in [6, 6.07) is 14.5. The van der Waals surface area contributed by atoms with Crippen LogP contribution in [0.1, 0.15) is 19.8 Å². The standard InChI is InChI=1S/C17H17NO2/c1-2-3-11-19-17-16(12-18-20-17)15-10-6-8-13-7-4-5-9-14(13)15/h4-10,12H,2-3,11H2,1H3. The molecule has 0 aliphatic carbocycles. The molecule has 0 radical (unpaired) electrons. The van der Waals surface area contributed by atoms with Crippen LogP contribution in [0.25, 0.3) is 21.9 Å². The van der Waals surface area contributed by atoms with E-state index < -0.39 is 0 Å². The van der Waals surface area contributed by atoms with Crippen LogP contribution in [0.5, 0.6) is 5.95 Å². The van der Waals surface area contributed by atoms with E-state index in [0.29, 0.717) is 12.6 Å². The van der Waals surface area contributed by atoms with Crippen LogP contribution in [0.3, 0.4) is 0 Å². The van der Waals surface area contributed by atoms with E-state index in [4.69, 9.17) is 9.26 Å². The van der Waals surface area contributed by atoms with Crippen molar-refractivity contribution in [3.05, 3.63) is 48.7 Å². The topological polar surface area (TPSA) is 35.3 Å². The maximum atomic E-state index is 5.69. The molecule has 0 aliphatic heterocycles. The lowest BCUT2D eigenvalue weighted by Crippen LogP contribution is -1.96. The van der Waals surface area contributed by atoms with Crippen LogP contribution >= 0.6 is 0 Å². The van der Waals surface area contributed by atoms with Gasteiger partial charge in [-0.3, -0.25) is 0 Å². The summed E-state index contributed by atoms with van der Waals surface area (Å²) in [5.74, 6) is 0.509. The molecule has 1 aromatic heterocycles. The highest BCUT2D eigenvalue weighted by atomic mass is 16.6. The number of fused-ring (bicyclic) bond motifs is 1. The first-order valence-electron chi connectivity index (χ1n) is 6.95. The van der Waals surface area contributed by atoms with Gasteiger partial charge < -0.3 is 9.26 Å². The van der Waals surface area contributed by atoms with Gasteiger partial charge in [0, 0.05) is 0 Å². The van der Waals surface area contributed by atoms with Crippen LogP contribution in [-0.4, -0.2) is 11.8 Å². The summed E-state index contributed by atoms with van der Waals surface area (Å²) in [5, 5.41) is 6.26. The monoisotopic (exact) mass is 267 g/mol. The van der Waals surface area contributed by atoms with Crippen LogP contribution in [0.2, 0.25) is 0 Å². The largest absolute Gasteiger partial charge is 0.463 e. The molecule has 3 nitrogen and oxygen atoms in total. The quantitative estimate of drug-likeness (QED) is 0.630.